The lowest BCUT2D eigenvalue weighted by Gasteiger charge is -2.36. The van der Waals surface area contributed by atoms with E-state index in [1.54, 1.807) is 6.07 Å². The minimum atomic E-state index is -0.319. The molecule has 148 valence electrons. The largest absolute Gasteiger partial charge is 0.423 e. The number of likely N-dealkylation sites (N-methyl/N-ethyl adjacent to an activating group) is 1. The highest BCUT2D eigenvalue weighted by molar-refractivity contribution is 5.81. The predicted octanol–water partition coefficient (Wildman–Crippen LogP) is 1.45. The first-order valence-electron chi connectivity index (χ1n) is 9.63. The smallest absolute Gasteiger partial charge is 0.336 e. The van der Waals surface area contributed by atoms with Gasteiger partial charge in [0, 0.05) is 57.3 Å². The van der Waals surface area contributed by atoms with Crippen molar-refractivity contribution in [3.8, 4) is 0 Å². The lowest BCUT2D eigenvalue weighted by atomic mass is 10.0. The minimum absolute atomic E-state index is 0.286. The number of aliphatic hydroxyl groups is 1. The first-order chi connectivity index (χ1) is 12.8. The Balaban J connectivity index is 1.65. The van der Waals surface area contributed by atoms with Crippen molar-refractivity contribution in [2.45, 2.75) is 26.5 Å². The maximum Gasteiger partial charge on any atom is 0.336 e. The zero-order valence-corrected chi connectivity index (χ0v) is 16.9. The molecule has 0 spiro atoms. The average Bonchev–Trinajstić information content (AvgIpc) is 2.57. The van der Waals surface area contributed by atoms with Crippen LogP contribution < -0.4 is 5.63 Å². The highest BCUT2D eigenvalue weighted by atomic mass is 16.4. The Kier molecular flexibility index (Phi) is 6.32. The number of β-amino-alcohol motifs (C(OH)–C–C–N with tert-alkyl or cyclic N) is 1. The fourth-order valence-electron chi connectivity index (χ4n) is 3.76. The van der Waals surface area contributed by atoms with E-state index in [0.717, 1.165) is 49.2 Å². The maximum absolute atomic E-state index is 12.0. The number of piperazine rings is 1. The van der Waals surface area contributed by atoms with Crippen molar-refractivity contribution in [3.63, 3.8) is 0 Å². The molecule has 6 heteroatoms. The van der Waals surface area contributed by atoms with Crippen LogP contribution in [0.5, 0.6) is 0 Å². The topological polar surface area (TPSA) is 60.2 Å². The van der Waals surface area contributed by atoms with Gasteiger partial charge in [-0.2, -0.15) is 0 Å². The maximum atomic E-state index is 12.0. The van der Waals surface area contributed by atoms with E-state index in [2.05, 4.69) is 22.8 Å². The van der Waals surface area contributed by atoms with Crippen LogP contribution in [0.1, 0.15) is 16.7 Å². The number of hydrogen-bond acceptors (Lipinski definition) is 6. The van der Waals surface area contributed by atoms with Crippen molar-refractivity contribution >= 4 is 11.0 Å². The van der Waals surface area contributed by atoms with Crippen LogP contribution in [0.2, 0.25) is 0 Å². The summed E-state index contributed by atoms with van der Waals surface area (Å²) in [6, 6.07) is 5.71. The second kappa shape index (κ2) is 8.52. The van der Waals surface area contributed by atoms with Crippen molar-refractivity contribution in [2.75, 3.05) is 53.4 Å². The SMILES string of the molecule is Cc1cc2oc(=O)cc(CN3CCN(CC(O)CN(C)C)CC3)c2cc1C. The molecule has 1 unspecified atom stereocenters. The lowest BCUT2D eigenvalue weighted by molar-refractivity contribution is 0.0576. The van der Waals surface area contributed by atoms with E-state index in [-0.39, 0.29) is 11.7 Å². The molecule has 1 aromatic heterocycles. The van der Waals surface area contributed by atoms with Crippen molar-refractivity contribution < 1.29 is 9.52 Å². The molecule has 6 nitrogen and oxygen atoms in total. The highest BCUT2D eigenvalue weighted by Crippen LogP contribution is 2.23. The summed E-state index contributed by atoms with van der Waals surface area (Å²) in [6.45, 7) is 9.99. The van der Waals surface area contributed by atoms with E-state index < -0.39 is 0 Å². The fraction of sp³-hybridized carbons (Fsp3) is 0.571. The molecule has 1 aliphatic rings. The molecule has 0 amide bonds. The fourth-order valence-corrected chi connectivity index (χ4v) is 3.76. The summed E-state index contributed by atoms with van der Waals surface area (Å²) >= 11 is 0. The first kappa shape index (κ1) is 20.0. The number of fused-ring (bicyclic) bond motifs is 1. The highest BCUT2D eigenvalue weighted by Gasteiger charge is 2.20. The van der Waals surface area contributed by atoms with E-state index in [1.807, 2.05) is 32.0 Å². The van der Waals surface area contributed by atoms with Gasteiger partial charge in [-0.15, -0.1) is 0 Å². The molecule has 2 heterocycles. The third kappa shape index (κ3) is 5.17. The molecule has 0 bridgehead atoms. The number of aryl methyl sites for hydroxylation is 2. The van der Waals surface area contributed by atoms with Crippen molar-refractivity contribution in [1.82, 2.24) is 14.7 Å². The number of hydrogen-bond donors (Lipinski definition) is 1. The van der Waals surface area contributed by atoms with Crippen molar-refractivity contribution in [3.05, 3.63) is 45.3 Å². The number of rotatable bonds is 6. The van der Waals surface area contributed by atoms with Gasteiger partial charge < -0.3 is 14.4 Å². The number of aliphatic hydroxyl groups excluding tert-OH is 1. The van der Waals surface area contributed by atoms with E-state index >= 15 is 0 Å². The van der Waals surface area contributed by atoms with Gasteiger partial charge in [-0.25, -0.2) is 4.79 Å². The Morgan fingerprint density at radius 2 is 1.70 bits per heavy atom. The predicted molar refractivity (Wildman–Crippen MR) is 108 cm³/mol. The Hall–Kier alpha value is -1.73. The molecular formula is C21H31N3O3. The molecule has 1 N–H and O–H groups in total. The molecule has 1 fully saturated rings. The molecule has 27 heavy (non-hydrogen) atoms. The van der Waals surface area contributed by atoms with Gasteiger partial charge in [-0.1, -0.05) is 0 Å². The van der Waals surface area contributed by atoms with Gasteiger partial charge in [0.1, 0.15) is 5.58 Å². The summed E-state index contributed by atoms with van der Waals surface area (Å²) in [5.74, 6) is 0. The average molecular weight is 373 g/mol. The van der Waals surface area contributed by atoms with Crippen LogP contribution in [0.4, 0.5) is 0 Å². The lowest BCUT2D eigenvalue weighted by Crippen LogP contribution is -2.49. The van der Waals surface area contributed by atoms with Gasteiger partial charge in [0.15, 0.2) is 0 Å². The van der Waals surface area contributed by atoms with Crippen LogP contribution in [0.15, 0.2) is 27.4 Å². The van der Waals surface area contributed by atoms with Gasteiger partial charge >= 0.3 is 5.63 Å². The number of nitrogens with zero attached hydrogens (tertiary/aromatic N) is 3. The molecule has 0 saturated carbocycles. The molecule has 1 aliphatic heterocycles. The summed E-state index contributed by atoms with van der Waals surface area (Å²) in [5, 5.41) is 11.2. The van der Waals surface area contributed by atoms with Crippen LogP contribution in [-0.2, 0) is 6.54 Å². The summed E-state index contributed by atoms with van der Waals surface area (Å²) < 4.78 is 5.41. The van der Waals surface area contributed by atoms with Crippen LogP contribution >= 0.6 is 0 Å². The zero-order chi connectivity index (χ0) is 19.6. The molecule has 1 atom stereocenters. The van der Waals surface area contributed by atoms with Crippen LogP contribution in [0.25, 0.3) is 11.0 Å². The standard InChI is InChI=1S/C21H31N3O3/c1-15-9-19-17(11-21(26)27-20(19)10-16(15)2)12-23-5-7-24(8-6-23)14-18(25)13-22(3)4/h9-11,18,25H,5-8,12-14H2,1-4H3. The monoisotopic (exact) mass is 373 g/mol. The van der Waals surface area contributed by atoms with Gasteiger partial charge in [-0.3, -0.25) is 9.80 Å². The van der Waals surface area contributed by atoms with E-state index in [1.165, 1.54) is 5.56 Å². The summed E-state index contributed by atoms with van der Waals surface area (Å²) in [6.07, 6.45) is -0.319. The molecule has 1 aromatic carbocycles. The van der Waals surface area contributed by atoms with Crippen molar-refractivity contribution in [1.29, 1.82) is 0 Å². The molecule has 1 saturated heterocycles. The second-order valence-corrected chi connectivity index (χ2v) is 8.02. The second-order valence-electron chi connectivity index (χ2n) is 8.02. The third-order valence-electron chi connectivity index (χ3n) is 5.35. The van der Waals surface area contributed by atoms with Crippen LogP contribution in [0, 0.1) is 13.8 Å². The molecule has 2 aromatic rings. The Labute approximate surface area is 161 Å². The molecule has 3 rings (SSSR count). The van der Waals surface area contributed by atoms with Gasteiger partial charge in [-0.05, 0) is 56.8 Å². The van der Waals surface area contributed by atoms with Crippen molar-refractivity contribution in [2.24, 2.45) is 0 Å². The van der Waals surface area contributed by atoms with E-state index in [4.69, 9.17) is 4.42 Å². The minimum Gasteiger partial charge on any atom is -0.423 e. The third-order valence-corrected chi connectivity index (χ3v) is 5.35. The summed E-state index contributed by atoms with van der Waals surface area (Å²) in [7, 11) is 3.95. The molecule has 0 aliphatic carbocycles. The first-order valence-corrected chi connectivity index (χ1v) is 9.63. The Morgan fingerprint density at radius 3 is 2.37 bits per heavy atom. The molecular weight excluding hydrogens is 342 g/mol. The Bertz CT molecular complexity index is 838. The summed E-state index contributed by atoms with van der Waals surface area (Å²) in [4.78, 5) is 18.7. The van der Waals surface area contributed by atoms with E-state index in [9.17, 15) is 9.90 Å². The van der Waals surface area contributed by atoms with Gasteiger partial charge in [0.2, 0.25) is 0 Å². The zero-order valence-electron chi connectivity index (χ0n) is 16.9. The molecule has 0 radical (unpaired) electrons. The van der Waals surface area contributed by atoms with Gasteiger partial charge in [0.25, 0.3) is 0 Å². The van der Waals surface area contributed by atoms with Crippen LogP contribution in [-0.4, -0.2) is 79.3 Å². The van der Waals surface area contributed by atoms with E-state index in [0.29, 0.717) is 18.7 Å². The Morgan fingerprint density at radius 1 is 1.07 bits per heavy atom. The summed E-state index contributed by atoms with van der Waals surface area (Å²) in [5.41, 5.74) is 3.76. The van der Waals surface area contributed by atoms with Gasteiger partial charge in [0.05, 0.1) is 6.10 Å². The normalized spacial score (nSPS) is 17.7. The van der Waals surface area contributed by atoms with Crippen LogP contribution in [0.3, 0.4) is 0 Å². The quantitative estimate of drug-likeness (QED) is 0.774. The number of benzene rings is 1.